The number of rotatable bonds is 4. The molecular weight excluding hydrogens is 411 g/mol. The highest BCUT2D eigenvalue weighted by Crippen LogP contribution is 2.40. The van der Waals surface area contributed by atoms with Gasteiger partial charge in [0.05, 0.1) is 27.2 Å². The van der Waals surface area contributed by atoms with Crippen molar-refractivity contribution in [3.63, 3.8) is 0 Å². The third-order valence-corrected chi connectivity index (χ3v) is 6.06. The molecule has 136 valence electrons. The van der Waals surface area contributed by atoms with Gasteiger partial charge >= 0.3 is 0 Å². The van der Waals surface area contributed by atoms with Gasteiger partial charge in [0, 0.05) is 19.6 Å². The lowest BCUT2D eigenvalue weighted by atomic mass is 9.73. The number of hydrogen-bond donors (Lipinski definition) is 1. The summed E-state index contributed by atoms with van der Waals surface area (Å²) in [5.74, 6) is 0.406. The van der Waals surface area contributed by atoms with Gasteiger partial charge in [0.15, 0.2) is 0 Å². The van der Waals surface area contributed by atoms with E-state index in [1.54, 1.807) is 0 Å². The minimum atomic E-state index is -0.684. The first-order valence-electron chi connectivity index (χ1n) is 9.32. The quantitative estimate of drug-likeness (QED) is 0.516. The Hall–Kier alpha value is -0.170. The second kappa shape index (κ2) is 8.47. The van der Waals surface area contributed by atoms with Crippen molar-refractivity contribution in [1.82, 2.24) is 4.90 Å². The Morgan fingerprint density at radius 2 is 1.62 bits per heavy atom. The van der Waals surface area contributed by atoms with Crippen LogP contribution in [-0.2, 0) is 5.60 Å². The lowest BCUT2D eigenvalue weighted by Gasteiger charge is -2.45. The van der Waals surface area contributed by atoms with E-state index in [2.05, 4.69) is 43.3 Å². The molecular formula is C20H33IN2O. The summed E-state index contributed by atoms with van der Waals surface area (Å²) in [5.41, 5.74) is 0.433. The number of nitrogens with zero attached hydrogens (tertiary/aromatic N) is 2. The Morgan fingerprint density at radius 3 is 2.21 bits per heavy atom. The molecule has 3 rings (SSSR count). The van der Waals surface area contributed by atoms with Crippen molar-refractivity contribution in [2.24, 2.45) is 5.92 Å². The number of likely N-dealkylation sites (N-methyl/N-ethyl adjacent to an activating group) is 1. The van der Waals surface area contributed by atoms with E-state index in [0.717, 1.165) is 29.7 Å². The lowest BCUT2D eigenvalue weighted by molar-refractivity contribution is -0.894. The summed E-state index contributed by atoms with van der Waals surface area (Å²) in [6, 6.07) is 10.4. The Morgan fingerprint density at radius 1 is 1.04 bits per heavy atom. The molecule has 1 aliphatic heterocycles. The van der Waals surface area contributed by atoms with Gasteiger partial charge in [0.25, 0.3) is 0 Å². The van der Waals surface area contributed by atoms with Crippen molar-refractivity contribution in [2.45, 2.75) is 37.7 Å². The van der Waals surface area contributed by atoms with Gasteiger partial charge in [0.1, 0.15) is 5.60 Å². The number of halogens is 1. The van der Waals surface area contributed by atoms with Crippen LogP contribution in [0.1, 0.15) is 37.7 Å². The standard InChI is InChI=1S/C20H33N2O.HI/c1-22(2)15-13-21(14-16-22)17-20(23,18-9-5-3-6-10-18)19-11-7-4-8-12-19;/h3,5-6,9-10,19,23H,4,7-8,11-17H2,1-2H3;1H/q+1;/p-1. The van der Waals surface area contributed by atoms with Crippen LogP contribution in [0.25, 0.3) is 0 Å². The van der Waals surface area contributed by atoms with Gasteiger partial charge in [-0.3, -0.25) is 4.90 Å². The minimum absolute atomic E-state index is 0. The fourth-order valence-corrected chi connectivity index (χ4v) is 4.31. The molecule has 0 amide bonds. The molecule has 1 saturated heterocycles. The van der Waals surface area contributed by atoms with Gasteiger partial charge in [-0.05, 0) is 24.3 Å². The SMILES string of the molecule is C[N+]1(C)CCN(CC(O)(c2ccccc2)C2CCCCC2)CC1.[I-]. The van der Waals surface area contributed by atoms with Gasteiger partial charge in [-0.15, -0.1) is 0 Å². The fourth-order valence-electron chi connectivity index (χ4n) is 4.31. The summed E-state index contributed by atoms with van der Waals surface area (Å²) in [6.07, 6.45) is 6.20. The van der Waals surface area contributed by atoms with Gasteiger partial charge in [-0.25, -0.2) is 0 Å². The monoisotopic (exact) mass is 444 g/mol. The number of β-amino-alcohol motifs (C(OH)–C–C–N with tert-alkyl or cyclic N) is 1. The van der Waals surface area contributed by atoms with Crippen molar-refractivity contribution >= 4 is 0 Å². The molecule has 1 aromatic rings. The van der Waals surface area contributed by atoms with Crippen LogP contribution in [-0.4, -0.2) is 61.3 Å². The third-order valence-electron chi connectivity index (χ3n) is 6.06. The van der Waals surface area contributed by atoms with Crippen molar-refractivity contribution < 1.29 is 33.6 Å². The summed E-state index contributed by atoms with van der Waals surface area (Å²) < 4.78 is 1.10. The Bertz CT molecular complexity index is 492. The van der Waals surface area contributed by atoms with E-state index in [9.17, 15) is 5.11 Å². The highest BCUT2D eigenvalue weighted by atomic mass is 127. The molecule has 1 N–H and O–H groups in total. The summed E-state index contributed by atoms with van der Waals surface area (Å²) in [5, 5.41) is 11.7. The van der Waals surface area contributed by atoms with Crippen LogP contribution in [0.4, 0.5) is 0 Å². The average molecular weight is 444 g/mol. The molecule has 0 radical (unpaired) electrons. The maximum absolute atomic E-state index is 11.7. The molecule has 1 aromatic carbocycles. The molecule has 2 fully saturated rings. The van der Waals surface area contributed by atoms with Gasteiger partial charge < -0.3 is 33.6 Å². The lowest BCUT2D eigenvalue weighted by Crippen LogP contribution is -3.00. The molecule has 24 heavy (non-hydrogen) atoms. The highest BCUT2D eigenvalue weighted by Gasteiger charge is 2.41. The number of aliphatic hydroxyl groups is 1. The smallest absolute Gasteiger partial charge is 0.105 e. The molecule has 0 aromatic heterocycles. The molecule has 4 heteroatoms. The van der Waals surface area contributed by atoms with Crippen molar-refractivity contribution in [3.05, 3.63) is 35.9 Å². The van der Waals surface area contributed by atoms with E-state index in [1.165, 1.54) is 45.2 Å². The Labute approximate surface area is 164 Å². The first-order chi connectivity index (χ1) is 11.0. The maximum Gasteiger partial charge on any atom is 0.105 e. The Balaban J connectivity index is 0.00000208. The van der Waals surface area contributed by atoms with Crippen molar-refractivity contribution in [3.8, 4) is 0 Å². The largest absolute Gasteiger partial charge is 1.00 e. The zero-order valence-corrected chi connectivity index (χ0v) is 17.4. The van der Waals surface area contributed by atoms with Crippen LogP contribution in [0.15, 0.2) is 30.3 Å². The molecule has 1 saturated carbocycles. The zero-order valence-electron chi connectivity index (χ0n) is 15.3. The molecule has 1 heterocycles. The second-order valence-electron chi connectivity index (χ2n) is 8.28. The van der Waals surface area contributed by atoms with E-state index >= 15 is 0 Å². The predicted octanol–water partition coefficient (Wildman–Crippen LogP) is -0.149. The van der Waals surface area contributed by atoms with Crippen molar-refractivity contribution in [2.75, 3.05) is 46.8 Å². The maximum atomic E-state index is 11.7. The van der Waals surface area contributed by atoms with Crippen LogP contribution < -0.4 is 24.0 Å². The number of hydrogen-bond acceptors (Lipinski definition) is 2. The van der Waals surface area contributed by atoms with Gasteiger partial charge in [0.2, 0.25) is 0 Å². The van der Waals surface area contributed by atoms with Crippen LogP contribution in [0, 0.1) is 5.92 Å². The third kappa shape index (κ3) is 4.71. The summed E-state index contributed by atoms with van der Waals surface area (Å²) in [4.78, 5) is 2.49. The van der Waals surface area contributed by atoms with Crippen LogP contribution in [0.2, 0.25) is 0 Å². The van der Waals surface area contributed by atoms with E-state index in [4.69, 9.17) is 0 Å². The van der Waals surface area contributed by atoms with E-state index < -0.39 is 5.60 Å². The van der Waals surface area contributed by atoms with Crippen LogP contribution >= 0.6 is 0 Å². The average Bonchev–Trinajstić information content (AvgIpc) is 2.58. The molecule has 3 nitrogen and oxygen atoms in total. The molecule has 1 atom stereocenters. The molecule has 1 aliphatic carbocycles. The van der Waals surface area contributed by atoms with Crippen molar-refractivity contribution in [1.29, 1.82) is 0 Å². The highest BCUT2D eigenvalue weighted by molar-refractivity contribution is 5.24. The second-order valence-corrected chi connectivity index (χ2v) is 8.28. The fraction of sp³-hybridized carbons (Fsp3) is 0.700. The summed E-state index contributed by atoms with van der Waals surface area (Å²) >= 11 is 0. The Kier molecular flexibility index (Phi) is 7.11. The summed E-state index contributed by atoms with van der Waals surface area (Å²) in [6.45, 7) is 5.33. The van der Waals surface area contributed by atoms with E-state index in [1.807, 2.05) is 6.07 Å². The minimum Gasteiger partial charge on any atom is -1.00 e. The topological polar surface area (TPSA) is 23.5 Å². The molecule has 2 aliphatic rings. The first-order valence-corrected chi connectivity index (χ1v) is 9.32. The first kappa shape index (κ1) is 20.1. The van der Waals surface area contributed by atoms with Gasteiger partial charge in [-0.1, -0.05) is 49.6 Å². The molecule has 0 spiro atoms. The molecule has 1 unspecified atom stereocenters. The van der Waals surface area contributed by atoms with Crippen LogP contribution in [0.3, 0.4) is 0 Å². The van der Waals surface area contributed by atoms with Gasteiger partial charge in [-0.2, -0.15) is 0 Å². The predicted molar refractivity (Wildman–Crippen MR) is 95.2 cm³/mol. The zero-order chi connectivity index (χ0) is 16.3. The number of piperazine rings is 1. The van der Waals surface area contributed by atoms with E-state index in [0.29, 0.717) is 5.92 Å². The van der Waals surface area contributed by atoms with Crippen LogP contribution in [0.5, 0.6) is 0 Å². The van der Waals surface area contributed by atoms with E-state index in [-0.39, 0.29) is 24.0 Å². The number of quaternary nitrogens is 1. The number of benzene rings is 1. The normalized spacial score (nSPS) is 24.8. The molecule has 0 bridgehead atoms. The summed E-state index contributed by atoms with van der Waals surface area (Å²) in [7, 11) is 4.61.